The van der Waals surface area contributed by atoms with Crippen molar-refractivity contribution in [1.29, 1.82) is 0 Å². The van der Waals surface area contributed by atoms with Crippen LogP contribution >= 0.6 is 11.3 Å². The Labute approximate surface area is 116 Å². The van der Waals surface area contributed by atoms with Crippen LogP contribution in [0.5, 0.6) is 0 Å². The van der Waals surface area contributed by atoms with Crippen molar-refractivity contribution in [2.75, 3.05) is 6.54 Å². The molecular formula is C13H19NO4S. The lowest BCUT2D eigenvalue weighted by Gasteiger charge is -2.22. The van der Waals surface area contributed by atoms with Gasteiger partial charge >= 0.3 is 5.97 Å². The number of carboxylic acids is 1. The van der Waals surface area contributed by atoms with E-state index in [0.717, 1.165) is 5.56 Å². The number of nitrogens with one attached hydrogen (secondary N) is 1. The van der Waals surface area contributed by atoms with E-state index in [1.165, 1.54) is 11.3 Å². The van der Waals surface area contributed by atoms with Crippen molar-refractivity contribution >= 4 is 23.2 Å². The third kappa shape index (κ3) is 5.85. The molecule has 5 nitrogen and oxygen atoms in total. The van der Waals surface area contributed by atoms with Gasteiger partial charge < -0.3 is 15.5 Å². The highest BCUT2D eigenvalue weighted by atomic mass is 32.1. The number of amides is 1. The van der Waals surface area contributed by atoms with Gasteiger partial charge in [0.25, 0.3) is 0 Å². The molecule has 0 saturated carbocycles. The van der Waals surface area contributed by atoms with Crippen LogP contribution in [0.3, 0.4) is 0 Å². The highest BCUT2D eigenvalue weighted by molar-refractivity contribution is 7.07. The summed E-state index contributed by atoms with van der Waals surface area (Å²) in [4.78, 5) is 22.3. The Bertz CT molecular complexity index is 428. The van der Waals surface area contributed by atoms with Gasteiger partial charge in [-0.1, -0.05) is 13.8 Å². The second-order valence-corrected chi connectivity index (χ2v) is 6.07. The molecule has 3 N–H and O–H groups in total. The summed E-state index contributed by atoms with van der Waals surface area (Å²) in [7, 11) is 0. The summed E-state index contributed by atoms with van der Waals surface area (Å²) in [5.41, 5.74) is 0.179. The molecule has 0 fully saturated rings. The van der Waals surface area contributed by atoms with Gasteiger partial charge in [0.05, 0.1) is 12.5 Å². The van der Waals surface area contributed by atoms with Gasteiger partial charge in [-0.25, -0.2) is 0 Å². The van der Waals surface area contributed by atoms with E-state index in [1.807, 2.05) is 10.8 Å². The van der Waals surface area contributed by atoms with Crippen molar-refractivity contribution in [2.45, 2.75) is 32.8 Å². The molecule has 0 aliphatic carbocycles. The number of carbonyl (C=O) groups is 2. The molecule has 1 rings (SSSR count). The molecule has 1 atom stereocenters. The fraction of sp³-hybridized carbons (Fsp3) is 0.538. The lowest BCUT2D eigenvalue weighted by atomic mass is 9.85. The van der Waals surface area contributed by atoms with Crippen LogP contribution in [0.15, 0.2) is 16.8 Å². The quantitative estimate of drug-likeness (QED) is 0.713. The predicted octanol–water partition coefficient (Wildman–Crippen LogP) is 1.79. The van der Waals surface area contributed by atoms with Crippen LogP contribution in [0.25, 0.3) is 0 Å². The van der Waals surface area contributed by atoms with E-state index in [9.17, 15) is 14.7 Å². The summed E-state index contributed by atoms with van der Waals surface area (Å²) in [6.07, 6.45) is -0.666. The average Bonchev–Trinajstić information content (AvgIpc) is 2.76. The summed E-state index contributed by atoms with van der Waals surface area (Å²) < 4.78 is 0. The number of thiophene rings is 1. The van der Waals surface area contributed by atoms with Gasteiger partial charge in [-0.05, 0) is 27.8 Å². The number of aliphatic hydroxyl groups is 1. The Morgan fingerprint density at radius 3 is 2.63 bits per heavy atom. The number of rotatable bonds is 7. The lowest BCUT2D eigenvalue weighted by molar-refractivity contribution is -0.139. The minimum atomic E-state index is -0.920. The van der Waals surface area contributed by atoms with E-state index in [4.69, 9.17) is 5.11 Å². The van der Waals surface area contributed by atoms with Crippen LogP contribution in [-0.4, -0.2) is 28.6 Å². The summed E-state index contributed by atoms with van der Waals surface area (Å²) in [6.45, 7) is 3.60. The van der Waals surface area contributed by atoms with Crippen molar-refractivity contribution in [3.05, 3.63) is 22.4 Å². The molecule has 1 unspecified atom stereocenters. The zero-order valence-electron chi connectivity index (χ0n) is 11.0. The van der Waals surface area contributed by atoms with Crippen molar-refractivity contribution in [2.24, 2.45) is 5.41 Å². The first-order chi connectivity index (χ1) is 8.80. The number of aliphatic hydroxyl groups excluding tert-OH is 1. The Balaban J connectivity index is 2.37. The Kier molecular flexibility index (Phi) is 5.50. The molecule has 1 amide bonds. The van der Waals surface area contributed by atoms with Crippen LogP contribution < -0.4 is 5.32 Å². The number of hydrogen-bond acceptors (Lipinski definition) is 4. The van der Waals surface area contributed by atoms with Gasteiger partial charge in [-0.15, -0.1) is 0 Å². The predicted molar refractivity (Wildman–Crippen MR) is 72.9 cm³/mol. The van der Waals surface area contributed by atoms with Crippen LogP contribution in [0.4, 0.5) is 0 Å². The summed E-state index contributed by atoms with van der Waals surface area (Å²) in [5.74, 6) is -1.17. The second-order valence-electron chi connectivity index (χ2n) is 5.29. The number of hydrogen-bond donors (Lipinski definition) is 3. The smallest absolute Gasteiger partial charge is 0.303 e. The van der Waals surface area contributed by atoms with E-state index < -0.39 is 17.5 Å². The largest absolute Gasteiger partial charge is 0.481 e. The van der Waals surface area contributed by atoms with Crippen molar-refractivity contribution in [3.63, 3.8) is 0 Å². The van der Waals surface area contributed by atoms with E-state index in [0.29, 0.717) is 0 Å². The van der Waals surface area contributed by atoms with Crippen molar-refractivity contribution in [3.8, 4) is 0 Å². The highest BCUT2D eigenvalue weighted by Gasteiger charge is 2.25. The van der Waals surface area contributed by atoms with E-state index in [-0.39, 0.29) is 25.3 Å². The lowest BCUT2D eigenvalue weighted by Crippen LogP contribution is -2.32. The molecule has 0 spiro atoms. The maximum absolute atomic E-state index is 11.7. The summed E-state index contributed by atoms with van der Waals surface area (Å²) >= 11 is 1.48. The molecule has 0 aliphatic heterocycles. The normalized spacial score (nSPS) is 13.0. The van der Waals surface area contributed by atoms with Gasteiger partial charge in [0.1, 0.15) is 0 Å². The van der Waals surface area contributed by atoms with Gasteiger partial charge in [-0.3, -0.25) is 9.59 Å². The first-order valence-electron chi connectivity index (χ1n) is 5.99. The van der Waals surface area contributed by atoms with E-state index >= 15 is 0 Å². The summed E-state index contributed by atoms with van der Waals surface area (Å²) in [5, 5.41) is 24.8. The molecule has 6 heteroatoms. The minimum absolute atomic E-state index is 0.0620. The van der Waals surface area contributed by atoms with Gasteiger partial charge in [0.2, 0.25) is 5.91 Å². The van der Waals surface area contributed by atoms with Crippen LogP contribution in [-0.2, 0) is 9.59 Å². The van der Waals surface area contributed by atoms with Crippen LogP contribution in [0.2, 0.25) is 0 Å². The highest BCUT2D eigenvalue weighted by Crippen LogP contribution is 2.24. The first-order valence-corrected chi connectivity index (χ1v) is 6.93. The van der Waals surface area contributed by atoms with Crippen LogP contribution in [0.1, 0.15) is 38.4 Å². The average molecular weight is 285 g/mol. The Hall–Kier alpha value is -1.40. The topological polar surface area (TPSA) is 86.6 Å². The van der Waals surface area contributed by atoms with Crippen molar-refractivity contribution in [1.82, 2.24) is 5.32 Å². The molecule has 0 aromatic carbocycles. The summed E-state index contributed by atoms with van der Waals surface area (Å²) in [6, 6.07) is 1.80. The van der Waals surface area contributed by atoms with E-state index in [2.05, 4.69) is 5.32 Å². The van der Waals surface area contributed by atoms with Gasteiger partial charge in [0, 0.05) is 13.0 Å². The fourth-order valence-electron chi connectivity index (χ4n) is 1.76. The fourth-order valence-corrected chi connectivity index (χ4v) is 2.47. The Morgan fingerprint density at radius 2 is 2.11 bits per heavy atom. The maximum Gasteiger partial charge on any atom is 0.303 e. The first kappa shape index (κ1) is 15.7. The molecule has 106 valence electrons. The molecule has 0 bridgehead atoms. The molecule has 1 heterocycles. The van der Waals surface area contributed by atoms with Crippen molar-refractivity contribution < 1.29 is 19.8 Å². The number of aliphatic carboxylic acids is 1. The number of carboxylic acid groups (broad SMARTS) is 1. The standard InChI is InChI=1S/C13H19NO4S/c1-13(2,6-12(17)18)5-11(16)14-7-10(15)9-3-4-19-8-9/h3-4,8,10,15H,5-7H2,1-2H3,(H,14,16)(H,17,18). The zero-order chi connectivity index (χ0) is 14.5. The van der Waals surface area contributed by atoms with E-state index in [1.54, 1.807) is 19.9 Å². The van der Waals surface area contributed by atoms with Crippen LogP contribution in [0, 0.1) is 5.41 Å². The molecule has 0 saturated heterocycles. The third-order valence-electron chi connectivity index (χ3n) is 2.69. The zero-order valence-corrected chi connectivity index (χ0v) is 11.9. The Morgan fingerprint density at radius 1 is 1.42 bits per heavy atom. The molecular weight excluding hydrogens is 266 g/mol. The molecule has 1 aromatic heterocycles. The SMILES string of the molecule is CC(C)(CC(=O)O)CC(=O)NCC(O)c1ccsc1. The monoisotopic (exact) mass is 285 g/mol. The van der Waals surface area contributed by atoms with Gasteiger partial charge in [0.15, 0.2) is 0 Å². The molecule has 0 aliphatic rings. The molecule has 0 radical (unpaired) electrons. The third-order valence-corrected chi connectivity index (χ3v) is 3.39. The second kappa shape index (κ2) is 6.68. The molecule has 1 aromatic rings. The molecule has 19 heavy (non-hydrogen) atoms. The minimum Gasteiger partial charge on any atom is -0.481 e. The number of carbonyl (C=O) groups excluding carboxylic acids is 1. The van der Waals surface area contributed by atoms with Gasteiger partial charge in [-0.2, -0.15) is 11.3 Å². The maximum atomic E-state index is 11.7.